The molecule has 4 aromatic rings. The molecule has 1 saturated heterocycles. The van der Waals surface area contributed by atoms with Crippen LogP contribution in [0.5, 0.6) is 0 Å². The molecule has 1 aliphatic rings. The Morgan fingerprint density at radius 2 is 1.25 bits per heavy atom. The van der Waals surface area contributed by atoms with Gasteiger partial charge in [0.2, 0.25) is 0 Å². The number of hydrogen-bond acceptors (Lipinski definition) is 4. The lowest BCUT2D eigenvalue weighted by Crippen LogP contribution is -2.48. The largest absolute Gasteiger partial charge is 0.336 e. The Labute approximate surface area is 188 Å². The van der Waals surface area contributed by atoms with Crippen molar-refractivity contribution in [2.45, 2.75) is 6.92 Å². The van der Waals surface area contributed by atoms with Gasteiger partial charge in [-0.05, 0) is 30.8 Å². The van der Waals surface area contributed by atoms with Crippen LogP contribution in [0.25, 0.3) is 33.5 Å². The Morgan fingerprint density at radius 3 is 1.81 bits per heavy atom. The van der Waals surface area contributed by atoms with E-state index >= 15 is 0 Å². The number of rotatable bonds is 4. The average molecular weight is 423 g/mol. The molecule has 0 atom stereocenters. The van der Waals surface area contributed by atoms with Gasteiger partial charge in [0.1, 0.15) is 0 Å². The lowest BCUT2D eigenvalue weighted by molar-refractivity contribution is 0.0643. The maximum absolute atomic E-state index is 13.0. The van der Waals surface area contributed by atoms with Crippen LogP contribution in [0, 0.1) is 0 Å². The first-order chi connectivity index (χ1) is 15.7. The number of likely N-dealkylation sites (N-methyl/N-ethyl adjacent to an activating group) is 1. The van der Waals surface area contributed by atoms with Crippen LogP contribution in [0.4, 0.5) is 0 Å². The second-order valence-corrected chi connectivity index (χ2v) is 8.08. The average Bonchev–Trinajstić information content (AvgIpc) is 2.88. The SMILES string of the molecule is CCN1CCN(C(=O)c2ccc(-c3nc4ccccc4nc3-c3ccccc3)cc2)CC1. The normalized spacial score (nSPS) is 14.6. The Kier molecular flexibility index (Phi) is 5.65. The standard InChI is InChI=1S/C27H26N4O/c1-2-30-16-18-31(19-17-30)27(32)22-14-12-21(13-15-22)26-25(20-8-4-3-5-9-20)28-23-10-6-7-11-24(23)29-26/h3-15H,2,16-19H2,1H3. The van der Waals surface area contributed by atoms with Crippen LogP contribution < -0.4 is 0 Å². The molecule has 5 nitrogen and oxygen atoms in total. The monoisotopic (exact) mass is 422 g/mol. The Balaban J connectivity index is 1.48. The van der Waals surface area contributed by atoms with Crippen molar-refractivity contribution < 1.29 is 4.79 Å². The highest BCUT2D eigenvalue weighted by atomic mass is 16.2. The minimum atomic E-state index is 0.0974. The lowest BCUT2D eigenvalue weighted by atomic mass is 10.0. The zero-order chi connectivity index (χ0) is 21.9. The molecule has 32 heavy (non-hydrogen) atoms. The Hall–Kier alpha value is -3.57. The van der Waals surface area contributed by atoms with Gasteiger partial charge in [-0.25, -0.2) is 9.97 Å². The summed E-state index contributed by atoms with van der Waals surface area (Å²) >= 11 is 0. The summed E-state index contributed by atoms with van der Waals surface area (Å²) in [7, 11) is 0. The second kappa shape index (κ2) is 8.89. The molecule has 0 bridgehead atoms. The topological polar surface area (TPSA) is 49.3 Å². The molecular weight excluding hydrogens is 396 g/mol. The third kappa shape index (κ3) is 3.99. The van der Waals surface area contributed by atoms with E-state index in [1.165, 1.54) is 0 Å². The van der Waals surface area contributed by atoms with Crippen molar-refractivity contribution in [2.24, 2.45) is 0 Å². The maximum atomic E-state index is 13.0. The van der Waals surface area contributed by atoms with Crippen molar-refractivity contribution in [2.75, 3.05) is 32.7 Å². The van der Waals surface area contributed by atoms with Crippen LogP contribution in [-0.4, -0.2) is 58.4 Å². The molecule has 0 radical (unpaired) electrons. The first-order valence-corrected chi connectivity index (χ1v) is 11.2. The number of carbonyl (C=O) groups is 1. The number of para-hydroxylation sites is 2. The Morgan fingerprint density at radius 1 is 0.719 bits per heavy atom. The maximum Gasteiger partial charge on any atom is 0.253 e. The smallest absolute Gasteiger partial charge is 0.253 e. The first kappa shape index (κ1) is 20.3. The number of piperazine rings is 1. The minimum absolute atomic E-state index is 0.0974. The highest BCUT2D eigenvalue weighted by molar-refractivity contribution is 5.95. The second-order valence-electron chi connectivity index (χ2n) is 8.08. The quantitative estimate of drug-likeness (QED) is 0.477. The van der Waals surface area contributed by atoms with Crippen LogP contribution in [0.3, 0.4) is 0 Å². The number of aromatic nitrogens is 2. The summed E-state index contributed by atoms with van der Waals surface area (Å²) in [5, 5.41) is 0. The third-order valence-corrected chi connectivity index (χ3v) is 6.13. The molecule has 160 valence electrons. The van der Waals surface area contributed by atoms with E-state index in [1.54, 1.807) is 0 Å². The van der Waals surface area contributed by atoms with E-state index < -0.39 is 0 Å². The summed E-state index contributed by atoms with van der Waals surface area (Å²) in [5.74, 6) is 0.0974. The summed E-state index contributed by atoms with van der Waals surface area (Å²) in [5.41, 5.74) is 6.09. The molecular formula is C27H26N4O. The summed E-state index contributed by atoms with van der Waals surface area (Å²) in [6.45, 7) is 6.63. The van der Waals surface area contributed by atoms with E-state index in [1.807, 2.05) is 71.6 Å². The summed E-state index contributed by atoms with van der Waals surface area (Å²) < 4.78 is 0. The summed E-state index contributed by atoms with van der Waals surface area (Å²) in [4.78, 5) is 27.2. The van der Waals surface area contributed by atoms with Gasteiger partial charge in [0.25, 0.3) is 5.91 Å². The number of fused-ring (bicyclic) bond motifs is 1. The molecule has 0 unspecified atom stereocenters. The van der Waals surface area contributed by atoms with Gasteiger partial charge < -0.3 is 9.80 Å². The third-order valence-electron chi connectivity index (χ3n) is 6.13. The molecule has 5 rings (SSSR count). The van der Waals surface area contributed by atoms with Crippen LogP contribution in [-0.2, 0) is 0 Å². The van der Waals surface area contributed by atoms with Crippen LogP contribution in [0.1, 0.15) is 17.3 Å². The molecule has 0 N–H and O–H groups in total. The number of amides is 1. The first-order valence-electron chi connectivity index (χ1n) is 11.2. The van der Waals surface area contributed by atoms with Crippen LogP contribution in [0.2, 0.25) is 0 Å². The van der Waals surface area contributed by atoms with Gasteiger partial charge >= 0.3 is 0 Å². The predicted molar refractivity (Wildman–Crippen MR) is 128 cm³/mol. The summed E-state index contributed by atoms with van der Waals surface area (Å²) in [6, 6.07) is 25.8. The molecule has 0 spiro atoms. The molecule has 0 aliphatic carbocycles. The van der Waals surface area contributed by atoms with E-state index in [4.69, 9.17) is 9.97 Å². The molecule has 1 fully saturated rings. The van der Waals surface area contributed by atoms with Crippen molar-refractivity contribution in [3.63, 3.8) is 0 Å². The van der Waals surface area contributed by atoms with Crippen molar-refractivity contribution in [3.05, 3.63) is 84.4 Å². The fraction of sp³-hybridized carbons (Fsp3) is 0.222. The highest BCUT2D eigenvalue weighted by Gasteiger charge is 2.21. The van der Waals surface area contributed by atoms with Crippen molar-refractivity contribution >= 4 is 16.9 Å². The molecule has 1 aromatic heterocycles. The molecule has 2 heterocycles. The molecule has 1 aliphatic heterocycles. The van der Waals surface area contributed by atoms with Gasteiger partial charge in [-0.2, -0.15) is 0 Å². The van der Waals surface area contributed by atoms with Gasteiger partial charge in [-0.3, -0.25) is 4.79 Å². The molecule has 5 heteroatoms. The van der Waals surface area contributed by atoms with Crippen molar-refractivity contribution in [3.8, 4) is 22.5 Å². The van der Waals surface area contributed by atoms with E-state index in [-0.39, 0.29) is 5.91 Å². The summed E-state index contributed by atoms with van der Waals surface area (Å²) in [6.07, 6.45) is 0. The van der Waals surface area contributed by atoms with Gasteiger partial charge in [-0.1, -0.05) is 61.5 Å². The van der Waals surface area contributed by atoms with Gasteiger partial charge in [0.05, 0.1) is 22.4 Å². The van der Waals surface area contributed by atoms with E-state index in [0.717, 1.165) is 66.3 Å². The molecule has 3 aromatic carbocycles. The zero-order valence-electron chi connectivity index (χ0n) is 18.2. The van der Waals surface area contributed by atoms with E-state index in [9.17, 15) is 4.79 Å². The number of hydrogen-bond donors (Lipinski definition) is 0. The molecule has 0 saturated carbocycles. The number of carbonyl (C=O) groups excluding carboxylic acids is 1. The number of benzene rings is 3. The number of nitrogens with zero attached hydrogens (tertiary/aromatic N) is 4. The fourth-order valence-electron chi connectivity index (χ4n) is 4.22. The van der Waals surface area contributed by atoms with Gasteiger partial charge in [0.15, 0.2) is 0 Å². The van der Waals surface area contributed by atoms with E-state index in [0.29, 0.717) is 5.56 Å². The van der Waals surface area contributed by atoms with Crippen molar-refractivity contribution in [1.29, 1.82) is 0 Å². The highest BCUT2D eigenvalue weighted by Crippen LogP contribution is 2.31. The van der Waals surface area contributed by atoms with Gasteiger partial charge in [0, 0.05) is 42.9 Å². The predicted octanol–water partition coefficient (Wildman–Crippen LogP) is 4.74. The van der Waals surface area contributed by atoms with Crippen molar-refractivity contribution in [1.82, 2.24) is 19.8 Å². The fourth-order valence-corrected chi connectivity index (χ4v) is 4.22. The van der Waals surface area contributed by atoms with Crippen LogP contribution >= 0.6 is 0 Å². The minimum Gasteiger partial charge on any atom is -0.336 e. The van der Waals surface area contributed by atoms with Crippen LogP contribution in [0.15, 0.2) is 78.9 Å². The molecule has 1 amide bonds. The van der Waals surface area contributed by atoms with Gasteiger partial charge in [-0.15, -0.1) is 0 Å². The van der Waals surface area contributed by atoms with E-state index in [2.05, 4.69) is 24.0 Å². The lowest BCUT2D eigenvalue weighted by Gasteiger charge is -2.34. The zero-order valence-corrected chi connectivity index (χ0v) is 18.2. The Bertz CT molecular complexity index is 1230.